The molecule has 8 heteroatoms. The van der Waals surface area contributed by atoms with Gasteiger partial charge in [0.25, 0.3) is 0 Å². The molecule has 0 unspecified atom stereocenters. The average Bonchev–Trinajstić information content (AvgIpc) is 2.55. The highest BCUT2D eigenvalue weighted by molar-refractivity contribution is 6.74. The number of nitriles is 1. The van der Waals surface area contributed by atoms with E-state index in [1.807, 2.05) is 0 Å². The Morgan fingerprint density at radius 2 is 1.86 bits per heavy atom. The molecule has 0 saturated carbocycles. The van der Waals surface area contributed by atoms with E-state index in [1.54, 1.807) is 13.0 Å². The summed E-state index contributed by atoms with van der Waals surface area (Å²) in [6.45, 7) is 12.4. The van der Waals surface area contributed by atoms with E-state index in [0.29, 0.717) is 6.42 Å². The Kier molecular flexibility index (Phi) is 6.03. The van der Waals surface area contributed by atoms with Crippen LogP contribution in [-0.4, -0.2) is 26.4 Å². The molecule has 4 nitrogen and oxygen atoms in total. The zero-order valence-electron chi connectivity index (χ0n) is 17.1. The van der Waals surface area contributed by atoms with Crippen LogP contribution in [0.5, 0.6) is 0 Å². The van der Waals surface area contributed by atoms with Gasteiger partial charge >= 0.3 is 6.18 Å². The number of rotatable bonds is 3. The maximum absolute atomic E-state index is 13.3. The quantitative estimate of drug-likeness (QED) is 0.618. The van der Waals surface area contributed by atoms with Gasteiger partial charge in [0.05, 0.1) is 29.3 Å². The van der Waals surface area contributed by atoms with Crippen molar-refractivity contribution in [3.8, 4) is 6.07 Å². The third-order valence-corrected chi connectivity index (χ3v) is 10.3. The molecule has 1 heterocycles. The monoisotopic (exact) mass is 412 g/mol. The Morgan fingerprint density at radius 3 is 2.36 bits per heavy atom. The zero-order chi connectivity index (χ0) is 21.5. The second kappa shape index (κ2) is 7.52. The number of benzene rings is 1. The second-order valence-corrected chi connectivity index (χ2v) is 13.6. The highest BCUT2D eigenvalue weighted by Crippen LogP contribution is 2.40. The van der Waals surface area contributed by atoms with Crippen LogP contribution in [0.25, 0.3) is 0 Å². The van der Waals surface area contributed by atoms with Gasteiger partial charge in [0.1, 0.15) is 0 Å². The van der Waals surface area contributed by atoms with E-state index < -0.39 is 31.7 Å². The van der Waals surface area contributed by atoms with E-state index in [0.717, 1.165) is 12.1 Å². The van der Waals surface area contributed by atoms with Gasteiger partial charge in [-0.15, -0.1) is 0 Å². The van der Waals surface area contributed by atoms with Crippen molar-refractivity contribution >= 4 is 19.9 Å². The summed E-state index contributed by atoms with van der Waals surface area (Å²) in [6, 6.07) is 4.58. The molecule has 0 aliphatic carbocycles. The van der Waals surface area contributed by atoms with Crippen molar-refractivity contribution in [1.82, 2.24) is 0 Å². The minimum atomic E-state index is -4.67. The normalized spacial score (nSPS) is 21.6. The lowest BCUT2D eigenvalue weighted by Crippen LogP contribution is -2.55. The molecule has 1 aromatic carbocycles. The van der Waals surface area contributed by atoms with Gasteiger partial charge in [-0.05, 0) is 49.7 Å². The molecule has 1 aliphatic rings. The second-order valence-electron chi connectivity index (χ2n) is 8.80. The molecule has 2 atom stereocenters. The SMILES string of the molecule is C[C@H]1[C@@H](O[Si](C)(C)C(C)(C)C)CCC(=O)N1c1ccc(C#N)c(C(F)(F)F)c1. The smallest absolute Gasteiger partial charge is 0.412 e. The summed E-state index contributed by atoms with van der Waals surface area (Å²) in [4.78, 5) is 14.0. The molecule has 0 radical (unpaired) electrons. The molecule has 154 valence electrons. The van der Waals surface area contributed by atoms with Crippen molar-refractivity contribution in [2.24, 2.45) is 0 Å². The Labute approximate surface area is 165 Å². The lowest BCUT2D eigenvalue weighted by molar-refractivity contribution is -0.137. The van der Waals surface area contributed by atoms with E-state index in [-0.39, 0.29) is 29.2 Å². The van der Waals surface area contributed by atoms with Crippen LogP contribution in [-0.2, 0) is 15.4 Å². The molecular weight excluding hydrogens is 385 g/mol. The summed E-state index contributed by atoms with van der Waals surface area (Å²) in [5.41, 5.74) is -1.34. The fraction of sp³-hybridized carbons (Fsp3) is 0.600. The van der Waals surface area contributed by atoms with E-state index in [1.165, 1.54) is 11.0 Å². The van der Waals surface area contributed by atoms with Gasteiger partial charge in [-0.25, -0.2) is 0 Å². The molecule has 0 spiro atoms. The van der Waals surface area contributed by atoms with Gasteiger partial charge in [-0.3, -0.25) is 4.79 Å². The molecule has 2 rings (SSSR count). The highest BCUT2D eigenvalue weighted by Gasteiger charge is 2.44. The van der Waals surface area contributed by atoms with Gasteiger partial charge in [0.2, 0.25) is 5.91 Å². The summed E-state index contributed by atoms with van der Waals surface area (Å²) in [5.74, 6) is -0.236. The Morgan fingerprint density at radius 1 is 1.25 bits per heavy atom. The van der Waals surface area contributed by atoms with Crippen LogP contribution >= 0.6 is 0 Å². The first-order valence-corrected chi connectivity index (χ1v) is 12.2. The molecule has 1 saturated heterocycles. The number of carbonyl (C=O) groups excluding carboxylic acids is 1. The third kappa shape index (κ3) is 4.41. The molecule has 28 heavy (non-hydrogen) atoms. The van der Waals surface area contributed by atoms with Gasteiger partial charge in [0.15, 0.2) is 8.32 Å². The van der Waals surface area contributed by atoms with Gasteiger partial charge in [-0.1, -0.05) is 20.8 Å². The predicted molar refractivity (Wildman–Crippen MR) is 104 cm³/mol. The van der Waals surface area contributed by atoms with Crippen molar-refractivity contribution in [1.29, 1.82) is 5.26 Å². The number of anilines is 1. The topological polar surface area (TPSA) is 53.3 Å². The summed E-state index contributed by atoms with van der Waals surface area (Å²) in [5, 5.41) is 8.97. The number of hydrogen-bond acceptors (Lipinski definition) is 3. The molecule has 1 fully saturated rings. The maximum atomic E-state index is 13.3. The maximum Gasteiger partial charge on any atom is 0.417 e. The number of alkyl halides is 3. The standard InChI is InChI=1S/C20H27F3N2O2Si/c1-13-17(27-28(5,6)19(2,3)4)9-10-18(26)25(13)15-8-7-14(12-24)16(11-15)20(21,22)23/h7-8,11,13,17H,9-10H2,1-6H3/t13-,17-/m0/s1. The fourth-order valence-electron chi connectivity index (χ4n) is 3.13. The summed E-state index contributed by atoms with van der Waals surface area (Å²) < 4.78 is 46.5. The first-order valence-electron chi connectivity index (χ1n) is 9.30. The van der Waals surface area contributed by atoms with Crippen molar-refractivity contribution in [2.75, 3.05) is 4.90 Å². The van der Waals surface area contributed by atoms with Crippen LogP contribution in [0.15, 0.2) is 18.2 Å². The minimum absolute atomic E-state index is 0.0170. The minimum Gasteiger partial charge on any atom is -0.412 e. The first kappa shape index (κ1) is 22.4. The number of halogens is 3. The average molecular weight is 413 g/mol. The van der Waals surface area contributed by atoms with Crippen LogP contribution in [0.3, 0.4) is 0 Å². The van der Waals surface area contributed by atoms with Crippen molar-refractivity contribution in [3.05, 3.63) is 29.3 Å². The van der Waals surface area contributed by atoms with E-state index >= 15 is 0 Å². The van der Waals surface area contributed by atoms with E-state index in [2.05, 4.69) is 33.9 Å². The number of hydrogen-bond donors (Lipinski definition) is 0. The number of nitrogens with zero attached hydrogens (tertiary/aromatic N) is 2. The van der Waals surface area contributed by atoms with Crippen LogP contribution in [0.2, 0.25) is 18.1 Å². The van der Waals surface area contributed by atoms with Gasteiger partial charge in [-0.2, -0.15) is 18.4 Å². The zero-order valence-corrected chi connectivity index (χ0v) is 18.1. The number of carbonyl (C=O) groups is 1. The fourth-order valence-corrected chi connectivity index (χ4v) is 4.55. The Hall–Kier alpha value is -1.85. The Bertz CT molecular complexity index is 794. The van der Waals surface area contributed by atoms with Crippen molar-refractivity contribution < 1.29 is 22.4 Å². The molecule has 0 aromatic heterocycles. The Balaban J connectivity index is 2.40. The molecule has 1 aromatic rings. The van der Waals surface area contributed by atoms with Crippen LogP contribution < -0.4 is 4.90 Å². The first-order chi connectivity index (χ1) is 12.7. The molecule has 0 bridgehead atoms. The van der Waals surface area contributed by atoms with Gasteiger partial charge < -0.3 is 9.33 Å². The lowest BCUT2D eigenvalue weighted by Gasteiger charge is -2.45. The van der Waals surface area contributed by atoms with E-state index in [4.69, 9.17) is 9.69 Å². The number of amides is 1. The molecule has 1 amide bonds. The molecule has 1 aliphatic heterocycles. The van der Waals surface area contributed by atoms with Crippen molar-refractivity contribution in [2.45, 2.75) is 77.0 Å². The predicted octanol–water partition coefficient (Wildman–Crippen LogP) is 5.48. The summed E-state index contributed by atoms with van der Waals surface area (Å²) in [7, 11) is -2.10. The lowest BCUT2D eigenvalue weighted by atomic mass is 9.97. The molecular formula is C20H27F3N2O2Si. The highest BCUT2D eigenvalue weighted by atomic mass is 28.4. The number of piperidine rings is 1. The third-order valence-electron chi connectivity index (χ3n) is 5.82. The summed E-state index contributed by atoms with van der Waals surface area (Å²) >= 11 is 0. The molecule has 0 N–H and O–H groups in total. The van der Waals surface area contributed by atoms with Crippen LogP contribution in [0.4, 0.5) is 18.9 Å². The summed E-state index contributed by atoms with van der Waals surface area (Å²) in [6.07, 6.45) is -4.15. The van der Waals surface area contributed by atoms with Crippen LogP contribution in [0.1, 0.15) is 51.7 Å². The largest absolute Gasteiger partial charge is 0.417 e. The van der Waals surface area contributed by atoms with E-state index in [9.17, 15) is 18.0 Å². The van der Waals surface area contributed by atoms with Crippen LogP contribution in [0, 0.1) is 11.3 Å². The van der Waals surface area contributed by atoms with Crippen molar-refractivity contribution in [3.63, 3.8) is 0 Å². The van der Waals surface area contributed by atoms with Gasteiger partial charge in [0, 0.05) is 12.1 Å².